The van der Waals surface area contributed by atoms with Gasteiger partial charge in [0.15, 0.2) is 0 Å². The molecule has 0 aliphatic heterocycles. The quantitative estimate of drug-likeness (QED) is 0.674. The van der Waals surface area contributed by atoms with Gasteiger partial charge in [0.2, 0.25) is 0 Å². The Morgan fingerprint density at radius 1 is 1.10 bits per heavy atom. The lowest BCUT2D eigenvalue weighted by atomic mass is 10.1. The Kier molecular flexibility index (Phi) is 4.45. The fourth-order valence-corrected chi connectivity index (χ4v) is 1.91. The van der Waals surface area contributed by atoms with Gasteiger partial charge in [-0.25, -0.2) is 4.79 Å². The summed E-state index contributed by atoms with van der Waals surface area (Å²) < 4.78 is 4.62. The number of amides is 1. The van der Waals surface area contributed by atoms with Crippen LogP contribution in [0.2, 0.25) is 5.02 Å². The van der Waals surface area contributed by atoms with Gasteiger partial charge in [-0.15, -0.1) is 0 Å². The van der Waals surface area contributed by atoms with E-state index in [-0.39, 0.29) is 16.8 Å². The van der Waals surface area contributed by atoms with Crippen LogP contribution < -0.4 is 11.1 Å². The maximum Gasteiger partial charge on any atom is 0.339 e. The van der Waals surface area contributed by atoms with E-state index in [2.05, 4.69) is 10.1 Å². The van der Waals surface area contributed by atoms with Crippen molar-refractivity contribution in [2.45, 2.75) is 0 Å². The second-order valence-electron chi connectivity index (χ2n) is 4.22. The lowest BCUT2D eigenvalue weighted by Gasteiger charge is -2.10. The summed E-state index contributed by atoms with van der Waals surface area (Å²) in [7, 11) is 1.25. The number of carbonyl (C=O) groups excluding carboxylic acids is 2. The van der Waals surface area contributed by atoms with Gasteiger partial charge in [0, 0.05) is 10.7 Å². The first-order valence-electron chi connectivity index (χ1n) is 6.06. The van der Waals surface area contributed by atoms with Gasteiger partial charge >= 0.3 is 5.97 Å². The lowest BCUT2D eigenvalue weighted by molar-refractivity contribution is 0.0602. The lowest BCUT2D eigenvalue weighted by Crippen LogP contribution is -2.16. The van der Waals surface area contributed by atoms with Gasteiger partial charge < -0.3 is 15.8 Å². The van der Waals surface area contributed by atoms with Gasteiger partial charge in [0.1, 0.15) is 0 Å². The average molecular weight is 305 g/mol. The van der Waals surface area contributed by atoms with Crippen LogP contribution >= 0.6 is 11.6 Å². The average Bonchev–Trinajstić information content (AvgIpc) is 2.49. The Hall–Kier alpha value is -2.53. The number of nitrogens with two attached hydrogens (primary N) is 1. The molecule has 0 atom stereocenters. The third-order valence-corrected chi connectivity index (χ3v) is 3.11. The smallest absolute Gasteiger partial charge is 0.339 e. The second kappa shape index (κ2) is 6.28. The van der Waals surface area contributed by atoms with Gasteiger partial charge in [-0.05, 0) is 36.4 Å². The number of hydrogen-bond donors (Lipinski definition) is 2. The van der Waals surface area contributed by atoms with Gasteiger partial charge in [-0.3, -0.25) is 4.79 Å². The number of hydrogen-bond acceptors (Lipinski definition) is 4. The largest absolute Gasteiger partial charge is 0.465 e. The van der Waals surface area contributed by atoms with Crippen LogP contribution in [0.1, 0.15) is 20.7 Å². The molecule has 3 N–H and O–H groups in total. The van der Waals surface area contributed by atoms with Crippen LogP contribution in [-0.2, 0) is 4.74 Å². The van der Waals surface area contributed by atoms with E-state index in [1.807, 2.05) is 0 Å². The SMILES string of the molecule is COC(=O)c1cccc(C(=O)Nc2ccc(Cl)cc2)c1N. The molecule has 0 radical (unpaired) electrons. The number of ether oxygens (including phenoxy) is 1. The first-order chi connectivity index (χ1) is 10.0. The van der Waals surface area contributed by atoms with E-state index in [1.54, 1.807) is 30.3 Å². The number of para-hydroxylation sites is 1. The minimum Gasteiger partial charge on any atom is -0.465 e. The summed E-state index contributed by atoms with van der Waals surface area (Å²) in [5.41, 5.74) is 6.87. The highest BCUT2D eigenvalue weighted by Crippen LogP contribution is 2.20. The zero-order chi connectivity index (χ0) is 15.4. The Labute approximate surface area is 126 Å². The zero-order valence-corrected chi connectivity index (χ0v) is 12.0. The molecular weight excluding hydrogens is 292 g/mol. The summed E-state index contributed by atoms with van der Waals surface area (Å²) in [6.07, 6.45) is 0. The van der Waals surface area contributed by atoms with E-state index in [0.29, 0.717) is 10.7 Å². The molecule has 108 valence electrons. The fraction of sp³-hybridized carbons (Fsp3) is 0.0667. The van der Waals surface area contributed by atoms with E-state index >= 15 is 0 Å². The van der Waals surface area contributed by atoms with Gasteiger partial charge in [-0.2, -0.15) is 0 Å². The van der Waals surface area contributed by atoms with Crippen molar-refractivity contribution in [3.63, 3.8) is 0 Å². The van der Waals surface area contributed by atoms with Crippen molar-refractivity contribution < 1.29 is 14.3 Å². The number of esters is 1. The van der Waals surface area contributed by atoms with E-state index in [9.17, 15) is 9.59 Å². The van der Waals surface area contributed by atoms with E-state index in [4.69, 9.17) is 17.3 Å². The van der Waals surface area contributed by atoms with Crippen LogP contribution in [-0.4, -0.2) is 19.0 Å². The van der Waals surface area contributed by atoms with Crippen LogP contribution in [0.15, 0.2) is 42.5 Å². The monoisotopic (exact) mass is 304 g/mol. The maximum atomic E-state index is 12.2. The predicted molar refractivity (Wildman–Crippen MR) is 81.6 cm³/mol. The van der Waals surface area contributed by atoms with Crippen molar-refractivity contribution in [2.75, 3.05) is 18.2 Å². The van der Waals surface area contributed by atoms with Crippen LogP contribution in [0.25, 0.3) is 0 Å². The first-order valence-corrected chi connectivity index (χ1v) is 6.44. The second-order valence-corrected chi connectivity index (χ2v) is 4.66. The van der Waals surface area contributed by atoms with Crippen molar-refractivity contribution in [2.24, 2.45) is 0 Å². The molecule has 1 amide bonds. The summed E-state index contributed by atoms with van der Waals surface area (Å²) in [6.45, 7) is 0. The molecule has 0 unspecified atom stereocenters. The van der Waals surface area contributed by atoms with Gasteiger partial charge in [0.25, 0.3) is 5.91 Å². The Bertz CT molecular complexity index is 684. The molecule has 0 aromatic heterocycles. The predicted octanol–water partition coefficient (Wildman–Crippen LogP) is 2.96. The Balaban J connectivity index is 2.27. The van der Waals surface area contributed by atoms with E-state index < -0.39 is 11.9 Å². The molecule has 0 aliphatic carbocycles. The number of nitrogen functional groups attached to an aromatic ring is 1. The molecule has 2 aromatic rings. The van der Waals surface area contributed by atoms with Crippen LogP contribution in [0.5, 0.6) is 0 Å². The summed E-state index contributed by atoms with van der Waals surface area (Å²) in [6, 6.07) is 11.3. The molecule has 6 heteroatoms. The highest BCUT2D eigenvalue weighted by molar-refractivity contribution is 6.30. The summed E-state index contributed by atoms with van der Waals surface area (Å²) in [5, 5.41) is 3.25. The standard InChI is InChI=1S/C15H13ClN2O3/c1-21-15(20)12-4-2-3-11(13(12)17)14(19)18-10-7-5-9(16)6-8-10/h2-8H,17H2,1H3,(H,18,19). The van der Waals surface area contributed by atoms with E-state index in [0.717, 1.165) is 0 Å². The number of benzene rings is 2. The summed E-state index contributed by atoms with van der Waals surface area (Å²) in [4.78, 5) is 23.8. The molecule has 2 rings (SSSR count). The molecule has 2 aromatic carbocycles. The van der Waals surface area contributed by atoms with Crippen molar-refractivity contribution in [1.82, 2.24) is 0 Å². The minimum absolute atomic E-state index is 0.0795. The summed E-state index contributed by atoms with van der Waals surface area (Å²) >= 11 is 5.78. The molecule has 0 heterocycles. The highest BCUT2D eigenvalue weighted by atomic mass is 35.5. The van der Waals surface area contributed by atoms with Crippen LogP contribution in [0, 0.1) is 0 Å². The number of carbonyl (C=O) groups is 2. The third kappa shape index (κ3) is 3.32. The molecule has 0 aliphatic rings. The number of methoxy groups -OCH3 is 1. The third-order valence-electron chi connectivity index (χ3n) is 2.86. The molecule has 0 saturated heterocycles. The molecule has 21 heavy (non-hydrogen) atoms. The molecular formula is C15H13ClN2O3. The minimum atomic E-state index is -0.589. The first kappa shape index (κ1) is 14.9. The molecule has 0 spiro atoms. The van der Waals surface area contributed by atoms with Gasteiger partial charge in [-0.1, -0.05) is 17.7 Å². The van der Waals surface area contributed by atoms with Crippen molar-refractivity contribution in [1.29, 1.82) is 0 Å². The van der Waals surface area contributed by atoms with Gasteiger partial charge in [0.05, 0.1) is 23.9 Å². The Morgan fingerprint density at radius 2 is 1.71 bits per heavy atom. The number of rotatable bonds is 3. The van der Waals surface area contributed by atoms with Crippen molar-refractivity contribution >= 4 is 34.9 Å². The number of nitrogens with one attached hydrogen (secondary N) is 1. The van der Waals surface area contributed by atoms with E-state index in [1.165, 1.54) is 19.2 Å². The molecule has 0 fully saturated rings. The van der Waals surface area contributed by atoms with Crippen molar-refractivity contribution in [3.8, 4) is 0 Å². The van der Waals surface area contributed by atoms with Crippen LogP contribution in [0.3, 0.4) is 0 Å². The maximum absolute atomic E-state index is 12.2. The number of halogens is 1. The highest BCUT2D eigenvalue weighted by Gasteiger charge is 2.17. The Morgan fingerprint density at radius 3 is 2.33 bits per heavy atom. The van der Waals surface area contributed by atoms with Crippen LogP contribution in [0.4, 0.5) is 11.4 Å². The zero-order valence-electron chi connectivity index (χ0n) is 11.2. The molecule has 0 bridgehead atoms. The molecule has 0 saturated carbocycles. The fourth-order valence-electron chi connectivity index (χ4n) is 1.78. The molecule has 5 nitrogen and oxygen atoms in total. The van der Waals surface area contributed by atoms with Crippen molar-refractivity contribution in [3.05, 3.63) is 58.6 Å². The summed E-state index contributed by atoms with van der Waals surface area (Å²) in [5.74, 6) is -1.01. The number of anilines is 2. The topological polar surface area (TPSA) is 81.4 Å². The normalized spacial score (nSPS) is 10.0.